The number of carbonyl (C=O) groups is 3. The number of likely N-dealkylation sites (tertiary alicyclic amines) is 1. The van der Waals surface area contributed by atoms with Crippen molar-refractivity contribution in [3.05, 3.63) is 70.8 Å². The molecule has 3 rings (SSSR count). The molecule has 3 atom stereocenters. The molecule has 0 radical (unpaired) electrons. The quantitative estimate of drug-likeness (QED) is 0.478. The van der Waals surface area contributed by atoms with Crippen LogP contribution in [0.15, 0.2) is 48.5 Å². The molecule has 35 heavy (non-hydrogen) atoms. The molecule has 2 aromatic carbocycles. The third-order valence-corrected chi connectivity index (χ3v) is 6.08. The van der Waals surface area contributed by atoms with E-state index in [-0.39, 0.29) is 5.78 Å². The van der Waals surface area contributed by atoms with Gasteiger partial charge in [-0.25, -0.2) is 0 Å². The van der Waals surface area contributed by atoms with E-state index < -0.39 is 30.4 Å². The zero-order valence-electron chi connectivity index (χ0n) is 20.2. The Morgan fingerprint density at radius 3 is 2.20 bits per heavy atom. The second-order valence-corrected chi connectivity index (χ2v) is 9.14. The van der Waals surface area contributed by atoms with E-state index in [4.69, 9.17) is 5.11 Å². The van der Waals surface area contributed by atoms with Crippen LogP contribution in [-0.2, 0) is 16.1 Å². The van der Waals surface area contributed by atoms with Crippen LogP contribution in [-0.4, -0.2) is 64.4 Å². The first kappa shape index (κ1) is 26.3. The molecule has 1 amide bonds. The van der Waals surface area contributed by atoms with Gasteiger partial charge in [-0.1, -0.05) is 24.0 Å². The van der Waals surface area contributed by atoms with Crippen LogP contribution in [0, 0.1) is 17.8 Å². The highest BCUT2D eigenvalue weighted by Crippen LogP contribution is 2.21. The van der Waals surface area contributed by atoms with Crippen LogP contribution in [0.1, 0.15) is 53.7 Å². The van der Waals surface area contributed by atoms with E-state index in [2.05, 4.69) is 34.2 Å². The van der Waals surface area contributed by atoms with Crippen molar-refractivity contribution in [3.63, 3.8) is 0 Å². The first-order valence-electron chi connectivity index (χ1n) is 11.8. The van der Waals surface area contributed by atoms with Crippen LogP contribution in [0.4, 0.5) is 0 Å². The summed E-state index contributed by atoms with van der Waals surface area (Å²) in [6.07, 6.45) is 0.627. The standard InChI is InChI=1S/C28H32N2O5/c1-19(32)15-24-13-14-30(17-24)16-23-7-5-21(6-8-23)3-4-22-9-11-25(12-10-22)28(35)29-27(20(2)33)26(34)18-31/h5-12,20,24,27,31,33H,13-18H2,1-2H3,(H,29,35)/t20-,24+,27+/m1/s1. The summed E-state index contributed by atoms with van der Waals surface area (Å²) in [5.74, 6) is 5.76. The number of amides is 1. The number of nitrogens with one attached hydrogen (secondary N) is 1. The molecule has 0 aliphatic carbocycles. The average Bonchev–Trinajstić information content (AvgIpc) is 3.27. The first-order valence-corrected chi connectivity index (χ1v) is 11.8. The Labute approximate surface area is 206 Å². The summed E-state index contributed by atoms with van der Waals surface area (Å²) in [6.45, 7) is 5.13. The van der Waals surface area contributed by atoms with E-state index in [0.29, 0.717) is 17.9 Å². The van der Waals surface area contributed by atoms with Gasteiger partial charge in [0, 0.05) is 36.2 Å². The zero-order valence-corrected chi connectivity index (χ0v) is 20.2. The summed E-state index contributed by atoms with van der Waals surface area (Å²) in [6, 6.07) is 13.6. The first-order chi connectivity index (χ1) is 16.7. The molecule has 7 heteroatoms. The van der Waals surface area contributed by atoms with Crippen molar-refractivity contribution >= 4 is 17.5 Å². The van der Waals surface area contributed by atoms with Crippen molar-refractivity contribution < 1.29 is 24.6 Å². The lowest BCUT2D eigenvalue weighted by molar-refractivity contribution is -0.126. The van der Waals surface area contributed by atoms with E-state index in [1.54, 1.807) is 31.2 Å². The van der Waals surface area contributed by atoms with Gasteiger partial charge in [0.05, 0.1) is 6.10 Å². The zero-order chi connectivity index (χ0) is 25.4. The van der Waals surface area contributed by atoms with E-state index in [1.165, 1.54) is 12.5 Å². The molecule has 7 nitrogen and oxygen atoms in total. The Morgan fingerprint density at radius 1 is 1.06 bits per heavy atom. The van der Waals surface area contributed by atoms with Crippen molar-refractivity contribution in [2.45, 2.75) is 45.4 Å². The molecule has 1 aliphatic rings. The van der Waals surface area contributed by atoms with Crippen molar-refractivity contribution in [1.29, 1.82) is 0 Å². The number of rotatable bonds is 9. The van der Waals surface area contributed by atoms with Gasteiger partial charge >= 0.3 is 0 Å². The number of carbonyl (C=O) groups excluding carboxylic acids is 3. The minimum atomic E-state index is -1.16. The van der Waals surface area contributed by atoms with Gasteiger partial charge < -0.3 is 20.3 Å². The van der Waals surface area contributed by atoms with Gasteiger partial charge in [-0.2, -0.15) is 0 Å². The molecule has 0 bridgehead atoms. The maximum absolute atomic E-state index is 12.4. The predicted molar refractivity (Wildman–Crippen MR) is 133 cm³/mol. The van der Waals surface area contributed by atoms with Gasteiger partial charge in [0.15, 0.2) is 5.78 Å². The summed E-state index contributed by atoms with van der Waals surface area (Å²) in [5.41, 5.74) is 3.15. The van der Waals surface area contributed by atoms with E-state index >= 15 is 0 Å². The number of Topliss-reactive ketones (excluding diaryl/α,β-unsaturated/α-hetero) is 2. The molecule has 0 spiro atoms. The molecule has 0 saturated carbocycles. The van der Waals surface area contributed by atoms with Crippen molar-refractivity contribution in [2.75, 3.05) is 19.7 Å². The van der Waals surface area contributed by atoms with Crippen LogP contribution >= 0.6 is 0 Å². The van der Waals surface area contributed by atoms with Gasteiger partial charge in [-0.3, -0.25) is 14.5 Å². The number of ketones is 2. The second-order valence-electron chi connectivity index (χ2n) is 9.14. The molecular weight excluding hydrogens is 444 g/mol. The van der Waals surface area contributed by atoms with Gasteiger partial charge in [-0.05, 0) is 74.7 Å². The molecule has 1 aliphatic heterocycles. The van der Waals surface area contributed by atoms with Crippen LogP contribution < -0.4 is 5.32 Å². The van der Waals surface area contributed by atoms with Crippen LogP contribution in [0.5, 0.6) is 0 Å². The summed E-state index contributed by atoms with van der Waals surface area (Å²) in [7, 11) is 0. The third kappa shape index (κ3) is 7.86. The van der Waals surface area contributed by atoms with Crippen molar-refractivity contribution in [2.24, 2.45) is 5.92 Å². The Morgan fingerprint density at radius 2 is 1.66 bits per heavy atom. The fourth-order valence-corrected chi connectivity index (χ4v) is 4.22. The Hall–Kier alpha value is -3.31. The second kappa shape index (κ2) is 12.4. The fraction of sp³-hybridized carbons (Fsp3) is 0.393. The molecule has 2 aromatic rings. The SMILES string of the molecule is CC(=O)C[C@@H]1CCN(Cc2ccc(C#Cc3ccc(C(=O)N[C@H](C(=O)CO)[C@@H](C)O)cc3)cc2)C1. The lowest BCUT2D eigenvalue weighted by Crippen LogP contribution is -2.48. The van der Waals surface area contributed by atoms with Crippen LogP contribution in [0.3, 0.4) is 0 Å². The number of hydrogen-bond donors (Lipinski definition) is 3. The Kier molecular flexibility index (Phi) is 9.32. The highest BCUT2D eigenvalue weighted by Gasteiger charge is 2.25. The molecule has 1 fully saturated rings. The monoisotopic (exact) mass is 476 g/mol. The molecular formula is C28H32N2O5. The van der Waals surface area contributed by atoms with Crippen LogP contribution in [0.2, 0.25) is 0 Å². The molecule has 0 aromatic heterocycles. The van der Waals surface area contributed by atoms with E-state index in [0.717, 1.165) is 37.2 Å². The molecule has 3 N–H and O–H groups in total. The van der Waals surface area contributed by atoms with Crippen molar-refractivity contribution in [3.8, 4) is 11.8 Å². The lowest BCUT2D eigenvalue weighted by atomic mass is 10.0. The highest BCUT2D eigenvalue weighted by atomic mass is 16.3. The highest BCUT2D eigenvalue weighted by molar-refractivity contribution is 5.98. The van der Waals surface area contributed by atoms with Gasteiger partial charge in [0.2, 0.25) is 0 Å². The predicted octanol–water partition coefficient (Wildman–Crippen LogP) is 1.93. The topological polar surface area (TPSA) is 107 Å². The average molecular weight is 477 g/mol. The van der Waals surface area contributed by atoms with Gasteiger partial charge in [0.1, 0.15) is 18.4 Å². The summed E-state index contributed by atoms with van der Waals surface area (Å²) in [5, 5.41) is 21.1. The molecule has 1 heterocycles. The van der Waals surface area contributed by atoms with Crippen molar-refractivity contribution in [1.82, 2.24) is 10.2 Å². The minimum Gasteiger partial charge on any atom is -0.391 e. The summed E-state index contributed by atoms with van der Waals surface area (Å²) in [4.78, 5) is 37.8. The van der Waals surface area contributed by atoms with Gasteiger partial charge in [0.25, 0.3) is 5.91 Å². The summed E-state index contributed by atoms with van der Waals surface area (Å²) >= 11 is 0. The number of hydrogen-bond acceptors (Lipinski definition) is 6. The van der Waals surface area contributed by atoms with Crippen LogP contribution in [0.25, 0.3) is 0 Å². The Bertz CT molecular complexity index is 1100. The fourth-order valence-electron chi connectivity index (χ4n) is 4.22. The number of aliphatic hydroxyl groups is 2. The molecule has 0 unspecified atom stereocenters. The number of nitrogens with zero attached hydrogens (tertiary/aromatic N) is 1. The lowest BCUT2D eigenvalue weighted by Gasteiger charge is -2.19. The largest absolute Gasteiger partial charge is 0.391 e. The Balaban J connectivity index is 1.55. The smallest absolute Gasteiger partial charge is 0.251 e. The minimum absolute atomic E-state index is 0.261. The summed E-state index contributed by atoms with van der Waals surface area (Å²) < 4.78 is 0. The normalized spacial score (nSPS) is 17.2. The molecule has 1 saturated heterocycles. The number of aliphatic hydroxyl groups excluding tert-OH is 2. The van der Waals surface area contributed by atoms with E-state index in [9.17, 15) is 19.5 Å². The number of benzene rings is 2. The third-order valence-electron chi connectivity index (χ3n) is 6.08. The maximum atomic E-state index is 12.4. The maximum Gasteiger partial charge on any atom is 0.251 e. The van der Waals surface area contributed by atoms with E-state index in [1.807, 2.05) is 12.1 Å². The molecule has 184 valence electrons. The van der Waals surface area contributed by atoms with Gasteiger partial charge in [-0.15, -0.1) is 0 Å².